The van der Waals surface area contributed by atoms with E-state index in [-0.39, 0.29) is 17.1 Å². The second kappa shape index (κ2) is 7.01. The average molecular weight is 386 g/mol. The van der Waals surface area contributed by atoms with E-state index in [2.05, 4.69) is 23.2 Å². The molecule has 0 unspecified atom stereocenters. The molecule has 0 bridgehead atoms. The standard InChI is InChI=1S/C24H22N2O3/c27-20-5-1-3-18(13-20)23(28)26-16-24(8-11-29-12-9-24)21-14-17(6-7-22(21)26)19-4-2-10-25-15-19/h1-7,10,13-15,27H,8-9,11-12,16H2. The van der Waals surface area contributed by atoms with Crippen molar-refractivity contribution in [2.45, 2.75) is 18.3 Å². The molecular weight excluding hydrogens is 364 g/mol. The topological polar surface area (TPSA) is 62.7 Å². The lowest BCUT2D eigenvalue weighted by atomic mass is 9.75. The Labute approximate surface area is 169 Å². The molecule has 1 fully saturated rings. The number of anilines is 1. The molecule has 0 atom stereocenters. The van der Waals surface area contributed by atoms with Crippen molar-refractivity contribution in [3.8, 4) is 16.9 Å². The number of phenols is 1. The Kier molecular flexibility index (Phi) is 4.32. The van der Waals surface area contributed by atoms with Gasteiger partial charge in [-0.1, -0.05) is 18.2 Å². The van der Waals surface area contributed by atoms with Gasteiger partial charge in [0.15, 0.2) is 0 Å². The molecule has 1 aromatic heterocycles. The van der Waals surface area contributed by atoms with E-state index >= 15 is 0 Å². The van der Waals surface area contributed by atoms with Gasteiger partial charge in [0.2, 0.25) is 0 Å². The van der Waals surface area contributed by atoms with E-state index in [0.717, 1.165) is 29.7 Å². The molecule has 0 aliphatic carbocycles. The number of hydrogen-bond donors (Lipinski definition) is 1. The largest absolute Gasteiger partial charge is 0.508 e. The van der Waals surface area contributed by atoms with Crippen molar-refractivity contribution in [1.29, 1.82) is 0 Å². The smallest absolute Gasteiger partial charge is 0.258 e. The normalized spacial score (nSPS) is 17.3. The van der Waals surface area contributed by atoms with Crippen LogP contribution in [0.4, 0.5) is 5.69 Å². The molecule has 1 N–H and O–H groups in total. The molecular formula is C24H22N2O3. The number of rotatable bonds is 2. The van der Waals surface area contributed by atoms with Crippen molar-refractivity contribution in [3.63, 3.8) is 0 Å². The van der Waals surface area contributed by atoms with E-state index in [1.54, 1.807) is 24.4 Å². The van der Waals surface area contributed by atoms with Crippen molar-refractivity contribution in [1.82, 2.24) is 4.98 Å². The minimum atomic E-state index is -0.0989. The first kappa shape index (κ1) is 17.9. The number of ether oxygens (including phenoxy) is 1. The summed E-state index contributed by atoms with van der Waals surface area (Å²) in [5.74, 6) is 0.0163. The minimum absolute atomic E-state index is 0.0837. The van der Waals surface area contributed by atoms with Crippen molar-refractivity contribution >= 4 is 11.6 Å². The maximum atomic E-state index is 13.3. The maximum absolute atomic E-state index is 13.3. The molecule has 1 amide bonds. The fourth-order valence-corrected chi connectivity index (χ4v) is 4.55. The van der Waals surface area contributed by atoms with Gasteiger partial charge >= 0.3 is 0 Å². The molecule has 1 saturated heterocycles. The van der Waals surface area contributed by atoms with Crippen molar-refractivity contribution in [3.05, 3.63) is 78.1 Å². The molecule has 5 rings (SSSR count). The first-order valence-electron chi connectivity index (χ1n) is 9.90. The number of amides is 1. The van der Waals surface area contributed by atoms with Gasteiger partial charge < -0.3 is 14.7 Å². The second-order valence-corrected chi connectivity index (χ2v) is 7.81. The highest BCUT2D eigenvalue weighted by Gasteiger charge is 2.45. The van der Waals surface area contributed by atoms with Gasteiger partial charge in [0.05, 0.1) is 0 Å². The predicted molar refractivity (Wildman–Crippen MR) is 111 cm³/mol. The number of carbonyl (C=O) groups is 1. The molecule has 3 heterocycles. The highest BCUT2D eigenvalue weighted by Crippen LogP contribution is 2.48. The Morgan fingerprint density at radius 1 is 1.03 bits per heavy atom. The molecule has 2 aliphatic heterocycles. The highest BCUT2D eigenvalue weighted by atomic mass is 16.5. The van der Waals surface area contributed by atoms with E-state index in [1.807, 2.05) is 23.2 Å². The quantitative estimate of drug-likeness (QED) is 0.718. The lowest BCUT2D eigenvalue weighted by molar-refractivity contribution is 0.0547. The number of fused-ring (bicyclic) bond motifs is 2. The van der Waals surface area contributed by atoms with Gasteiger partial charge in [0, 0.05) is 48.8 Å². The Balaban J connectivity index is 1.60. The molecule has 2 aromatic carbocycles. The third-order valence-electron chi connectivity index (χ3n) is 6.10. The monoisotopic (exact) mass is 386 g/mol. The number of benzene rings is 2. The summed E-state index contributed by atoms with van der Waals surface area (Å²) in [6.45, 7) is 2.03. The Hall–Kier alpha value is -3.18. The van der Waals surface area contributed by atoms with Gasteiger partial charge in [-0.05, 0) is 65.9 Å². The fraction of sp³-hybridized carbons (Fsp3) is 0.250. The van der Waals surface area contributed by atoms with Crippen LogP contribution in [0.15, 0.2) is 67.0 Å². The van der Waals surface area contributed by atoms with E-state index in [9.17, 15) is 9.90 Å². The SMILES string of the molecule is O=C(c1cccc(O)c1)N1CC2(CCOCC2)c2cc(-c3cccnc3)ccc21. The van der Waals surface area contributed by atoms with E-state index < -0.39 is 0 Å². The molecule has 0 saturated carbocycles. The summed E-state index contributed by atoms with van der Waals surface area (Å²) in [4.78, 5) is 19.4. The number of nitrogens with zero attached hydrogens (tertiary/aromatic N) is 2. The number of pyridine rings is 1. The number of phenolic OH excluding ortho intramolecular Hbond substituents is 1. The van der Waals surface area contributed by atoms with Crippen LogP contribution in [0.2, 0.25) is 0 Å². The lowest BCUT2D eigenvalue weighted by Crippen LogP contribution is -2.40. The van der Waals surface area contributed by atoms with Crippen LogP contribution in [0.1, 0.15) is 28.8 Å². The predicted octanol–water partition coefficient (Wildman–Crippen LogP) is 4.16. The van der Waals surface area contributed by atoms with Crippen LogP contribution in [0, 0.1) is 0 Å². The summed E-state index contributed by atoms with van der Waals surface area (Å²) in [7, 11) is 0. The first-order chi connectivity index (χ1) is 14.2. The molecule has 3 aromatic rings. The number of carbonyl (C=O) groups excluding carboxylic acids is 1. The van der Waals surface area contributed by atoms with Crippen LogP contribution in [-0.2, 0) is 10.2 Å². The van der Waals surface area contributed by atoms with Crippen LogP contribution in [0.25, 0.3) is 11.1 Å². The lowest BCUT2D eigenvalue weighted by Gasteiger charge is -2.34. The number of hydrogen-bond acceptors (Lipinski definition) is 4. The van der Waals surface area contributed by atoms with Gasteiger partial charge in [-0.2, -0.15) is 0 Å². The zero-order valence-corrected chi connectivity index (χ0v) is 16.0. The van der Waals surface area contributed by atoms with Gasteiger partial charge in [0.25, 0.3) is 5.91 Å². The molecule has 29 heavy (non-hydrogen) atoms. The van der Waals surface area contributed by atoms with Crippen LogP contribution >= 0.6 is 0 Å². The first-order valence-corrected chi connectivity index (χ1v) is 9.90. The Bertz CT molecular complexity index is 1060. The third-order valence-corrected chi connectivity index (χ3v) is 6.10. The van der Waals surface area contributed by atoms with Crippen LogP contribution in [-0.4, -0.2) is 35.8 Å². The van der Waals surface area contributed by atoms with Crippen molar-refractivity contribution < 1.29 is 14.6 Å². The highest BCUT2D eigenvalue weighted by molar-refractivity contribution is 6.08. The van der Waals surface area contributed by atoms with E-state index in [0.29, 0.717) is 25.3 Å². The molecule has 146 valence electrons. The van der Waals surface area contributed by atoms with Gasteiger partial charge in [0.1, 0.15) is 5.75 Å². The van der Waals surface area contributed by atoms with Gasteiger partial charge in [-0.25, -0.2) is 0 Å². The molecule has 0 radical (unpaired) electrons. The van der Waals surface area contributed by atoms with Gasteiger partial charge in [-0.15, -0.1) is 0 Å². The van der Waals surface area contributed by atoms with Crippen LogP contribution in [0.3, 0.4) is 0 Å². The zero-order valence-electron chi connectivity index (χ0n) is 16.0. The Morgan fingerprint density at radius 2 is 1.90 bits per heavy atom. The molecule has 5 heteroatoms. The summed E-state index contributed by atoms with van der Waals surface area (Å²) in [6.07, 6.45) is 5.41. The Morgan fingerprint density at radius 3 is 2.66 bits per heavy atom. The molecule has 1 spiro atoms. The number of aromatic hydroxyl groups is 1. The minimum Gasteiger partial charge on any atom is -0.508 e. The van der Waals surface area contributed by atoms with E-state index in [4.69, 9.17) is 4.74 Å². The summed E-state index contributed by atoms with van der Waals surface area (Å²) in [5.41, 5.74) is 4.72. The average Bonchev–Trinajstić information content (AvgIpc) is 3.07. The maximum Gasteiger partial charge on any atom is 0.258 e. The molecule has 2 aliphatic rings. The molecule has 5 nitrogen and oxygen atoms in total. The van der Waals surface area contributed by atoms with Crippen molar-refractivity contribution in [2.75, 3.05) is 24.7 Å². The second-order valence-electron chi connectivity index (χ2n) is 7.81. The summed E-state index contributed by atoms with van der Waals surface area (Å²) in [5, 5.41) is 9.81. The zero-order chi connectivity index (χ0) is 19.8. The third kappa shape index (κ3) is 3.08. The van der Waals surface area contributed by atoms with Gasteiger partial charge in [-0.3, -0.25) is 9.78 Å². The van der Waals surface area contributed by atoms with Crippen LogP contribution < -0.4 is 4.90 Å². The number of aromatic nitrogens is 1. The van der Waals surface area contributed by atoms with E-state index in [1.165, 1.54) is 11.6 Å². The van der Waals surface area contributed by atoms with Crippen molar-refractivity contribution in [2.24, 2.45) is 0 Å². The van der Waals surface area contributed by atoms with Crippen LogP contribution in [0.5, 0.6) is 5.75 Å². The summed E-state index contributed by atoms with van der Waals surface area (Å²) in [6, 6.07) is 16.9. The summed E-state index contributed by atoms with van der Waals surface area (Å²) < 4.78 is 5.64. The fourth-order valence-electron chi connectivity index (χ4n) is 4.55. The summed E-state index contributed by atoms with van der Waals surface area (Å²) >= 11 is 0.